The first-order valence-electron chi connectivity index (χ1n) is 6.83. The van der Waals surface area contributed by atoms with E-state index >= 15 is 0 Å². The Kier molecular flexibility index (Phi) is 4.77. The zero-order valence-corrected chi connectivity index (χ0v) is 15.1. The molecule has 0 saturated carbocycles. The molecule has 2 atom stereocenters. The van der Waals surface area contributed by atoms with Crippen molar-refractivity contribution in [1.82, 2.24) is 0 Å². The van der Waals surface area contributed by atoms with Crippen molar-refractivity contribution in [2.75, 3.05) is 6.26 Å². The fourth-order valence-electron chi connectivity index (χ4n) is 2.34. The summed E-state index contributed by atoms with van der Waals surface area (Å²) in [4.78, 5) is 17.2. The quantitative estimate of drug-likeness (QED) is 0.778. The molecule has 1 heterocycles. The Balaban J connectivity index is 2.12. The molecule has 0 fully saturated rings. The molecule has 1 aromatic carbocycles. The van der Waals surface area contributed by atoms with E-state index in [1.54, 1.807) is 0 Å². The minimum Gasteiger partial charge on any atom is -0.392 e. The van der Waals surface area contributed by atoms with Gasteiger partial charge in [-0.2, -0.15) is 0 Å². The molecular formula is C15H18BrNO4S. The number of oxime groups is 1. The maximum absolute atomic E-state index is 12.0. The minimum atomic E-state index is -3.53. The second-order valence-corrected chi connectivity index (χ2v) is 9.10. The minimum absolute atomic E-state index is 0.102. The highest BCUT2D eigenvalue weighted by molar-refractivity contribution is 9.10. The van der Waals surface area contributed by atoms with Gasteiger partial charge in [0.1, 0.15) is 10.9 Å². The number of Topliss-reactive ketones (excluding diaryl/α,β-unsaturated/α-hetero) is 1. The van der Waals surface area contributed by atoms with Crippen LogP contribution in [-0.2, 0) is 19.5 Å². The van der Waals surface area contributed by atoms with Gasteiger partial charge >= 0.3 is 0 Å². The highest BCUT2D eigenvalue weighted by Crippen LogP contribution is 2.30. The van der Waals surface area contributed by atoms with Crippen LogP contribution >= 0.6 is 15.9 Å². The summed E-state index contributed by atoms with van der Waals surface area (Å²) in [5.74, 6) is -0.379. The van der Waals surface area contributed by atoms with Crippen molar-refractivity contribution in [3.8, 4) is 0 Å². The Morgan fingerprint density at radius 1 is 1.41 bits per heavy atom. The summed E-state index contributed by atoms with van der Waals surface area (Å²) in [6, 6.07) is 7.63. The van der Waals surface area contributed by atoms with E-state index < -0.39 is 20.7 Å². The van der Waals surface area contributed by atoms with Crippen molar-refractivity contribution >= 4 is 37.3 Å². The second kappa shape index (κ2) is 6.12. The van der Waals surface area contributed by atoms with Crippen molar-refractivity contribution in [3.63, 3.8) is 0 Å². The predicted molar refractivity (Wildman–Crippen MR) is 88.7 cm³/mol. The maximum Gasteiger partial charge on any atom is 0.160 e. The summed E-state index contributed by atoms with van der Waals surface area (Å²) in [6.07, 6.45) is 1.26. The van der Waals surface area contributed by atoms with Crippen LogP contribution in [0.1, 0.15) is 32.3 Å². The lowest BCUT2D eigenvalue weighted by Crippen LogP contribution is -2.44. The number of sulfone groups is 1. The van der Waals surface area contributed by atoms with E-state index in [-0.39, 0.29) is 12.2 Å². The molecule has 0 aromatic heterocycles. The highest BCUT2D eigenvalue weighted by atomic mass is 79.9. The van der Waals surface area contributed by atoms with Crippen molar-refractivity contribution in [3.05, 3.63) is 34.3 Å². The summed E-state index contributed by atoms with van der Waals surface area (Å²) in [5.41, 5.74) is 1.69. The number of carbonyl (C=O) groups is 1. The van der Waals surface area contributed by atoms with Crippen LogP contribution in [0.2, 0.25) is 0 Å². The molecule has 0 saturated heterocycles. The van der Waals surface area contributed by atoms with E-state index in [9.17, 15) is 13.2 Å². The second-order valence-electron chi connectivity index (χ2n) is 5.74. The van der Waals surface area contributed by atoms with Crippen molar-refractivity contribution in [1.29, 1.82) is 0 Å². The molecule has 1 aliphatic rings. The fourth-order valence-corrected chi connectivity index (χ4v) is 3.62. The summed E-state index contributed by atoms with van der Waals surface area (Å²) >= 11 is 3.37. The molecule has 5 nitrogen and oxygen atoms in total. The average molecular weight is 388 g/mol. The zero-order chi connectivity index (χ0) is 16.5. The van der Waals surface area contributed by atoms with Crippen LogP contribution in [0.5, 0.6) is 0 Å². The van der Waals surface area contributed by atoms with Crippen LogP contribution in [0.4, 0.5) is 0 Å². The van der Waals surface area contributed by atoms with E-state index in [4.69, 9.17) is 4.84 Å². The fraction of sp³-hybridized carbons (Fsp3) is 0.467. The molecule has 2 rings (SSSR count). The number of halogens is 1. The molecule has 0 amide bonds. The van der Waals surface area contributed by atoms with E-state index in [0.29, 0.717) is 6.42 Å². The van der Waals surface area contributed by atoms with E-state index in [1.165, 1.54) is 13.8 Å². The molecule has 1 aliphatic heterocycles. The lowest BCUT2D eigenvalue weighted by Gasteiger charge is -2.26. The molecule has 0 radical (unpaired) electrons. The molecule has 2 unspecified atom stereocenters. The topological polar surface area (TPSA) is 72.8 Å². The van der Waals surface area contributed by atoms with Gasteiger partial charge in [0.25, 0.3) is 0 Å². The highest BCUT2D eigenvalue weighted by Gasteiger charge is 2.44. The van der Waals surface area contributed by atoms with Crippen LogP contribution < -0.4 is 0 Å². The Morgan fingerprint density at radius 2 is 2.00 bits per heavy atom. The Labute approximate surface area is 138 Å². The number of rotatable bonds is 5. The van der Waals surface area contributed by atoms with Crippen molar-refractivity contribution in [2.24, 2.45) is 5.16 Å². The molecule has 0 spiro atoms. The van der Waals surface area contributed by atoms with Gasteiger partial charge in [-0.15, -0.1) is 0 Å². The Bertz CT molecular complexity index is 712. The summed E-state index contributed by atoms with van der Waals surface area (Å²) in [7, 11) is -3.53. The largest absolute Gasteiger partial charge is 0.392 e. The van der Waals surface area contributed by atoms with Gasteiger partial charge in [0.05, 0.1) is 5.71 Å². The zero-order valence-electron chi connectivity index (χ0n) is 12.7. The first-order valence-corrected chi connectivity index (χ1v) is 9.51. The molecule has 0 bridgehead atoms. The molecular weight excluding hydrogens is 370 g/mol. The SMILES string of the molecule is CC(=O)C(C)(CC1CC(c2ccc(Br)cc2)=NO1)S(C)(=O)=O. The van der Waals surface area contributed by atoms with Gasteiger partial charge in [0.15, 0.2) is 15.6 Å². The standard InChI is InChI=1S/C15H18BrNO4S/c1-10(18)15(2,22(3,19)20)9-13-8-14(17-21-13)11-4-6-12(16)7-5-11/h4-7,13H,8-9H2,1-3H3. The first-order chi connectivity index (χ1) is 10.1. The third-order valence-electron chi connectivity index (χ3n) is 4.09. The maximum atomic E-state index is 12.0. The van der Waals surface area contributed by atoms with Gasteiger partial charge in [-0.1, -0.05) is 33.2 Å². The van der Waals surface area contributed by atoms with Gasteiger partial charge in [0, 0.05) is 23.6 Å². The number of hydrogen-bond donors (Lipinski definition) is 0. The van der Waals surface area contributed by atoms with E-state index in [1.807, 2.05) is 24.3 Å². The molecule has 22 heavy (non-hydrogen) atoms. The monoisotopic (exact) mass is 387 g/mol. The molecule has 120 valence electrons. The number of nitrogens with zero attached hydrogens (tertiary/aromatic N) is 1. The van der Waals surface area contributed by atoms with Gasteiger partial charge in [-0.25, -0.2) is 8.42 Å². The Hall–Kier alpha value is -1.21. The number of benzene rings is 1. The van der Waals surface area contributed by atoms with Crippen LogP contribution in [0.15, 0.2) is 33.9 Å². The summed E-state index contributed by atoms with van der Waals surface area (Å²) in [6.45, 7) is 2.75. The number of hydrogen-bond acceptors (Lipinski definition) is 5. The smallest absolute Gasteiger partial charge is 0.160 e. The lowest BCUT2D eigenvalue weighted by atomic mass is 9.95. The van der Waals surface area contributed by atoms with Gasteiger partial charge in [-0.3, -0.25) is 4.79 Å². The number of carbonyl (C=O) groups excluding carboxylic acids is 1. The van der Waals surface area contributed by atoms with E-state index in [2.05, 4.69) is 21.1 Å². The molecule has 7 heteroatoms. The first kappa shape index (κ1) is 17.1. The number of ketones is 1. The van der Waals surface area contributed by atoms with E-state index in [0.717, 1.165) is 22.0 Å². The van der Waals surface area contributed by atoms with Gasteiger partial charge in [-0.05, 0) is 31.5 Å². The van der Waals surface area contributed by atoms with Crippen molar-refractivity contribution in [2.45, 2.75) is 37.5 Å². The molecule has 0 aliphatic carbocycles. The molecule has 0 N–H and O–H groups in total. The third-order valence-corrected chi connectivity index (χ3v) is 6.71. The molecule has 1 aromatic rings. The lowest BCUT2D eigenvalue weighted by molar-refractivity contribution is -0.120. The average Bonchev–Trinajstić information content (AvgIpc) is 2.86. The van der Waals surface area contributed by atoms with Crippen molar-refractivity contribution < 1.29 is 18.0 Å². The van der Waals surface area contributed by atoms with Crippen LogP contribution in [0.3, 0.4) is 0 Å². The summed E-state index contributed by atoms with van der Waals surface area (Å²) in [5, 5.41) is 4.04. The third kappa shape index (κ3) is 3.41. The van der Waals surface area contributed by atoms with Gasteiger partial charge in [0.2, 0.25) is 0 Å². The van der Waals surface area contributed by atoms with Crippen LogP contribution in [0.25, 0.3) is 0 Å². The van der Waals surface area contributed by atoms with Crippen LogP contribution in [-0.4, -0.2) is 37.0 Å². The normalized spacial score (nSPS) is 20.9. The van der Waals surface area contributed by atoms with Crippen LogP contribution in [0, 0.1) is 0 Å². The predicted octanol–water partition coefficient (Wildman–Crippen LogP) is 2.72. The van der Waals surface area contributed by atoms with Gasteiger partial charge < -0.3 is 4.84 Å². The Morgan fingerprint density at radius 3 is 2.50 bits per heavy atom. The summed E-state index contributed by atoms with van der Waals surface area (Å²) < 4.78 is 23.4.